The highest BCUT2D eigenvalue weighted by Gasteiger charge is 2.30. The second-order valence-electron chi connectivity index (χ2n) is 8.24. The minimum Gasteiger partial charge on any atom is -0.354 e. The van der Waals surface area contributed by atoms with Crippen LogP contribution < -0.4 is 15.4 Å². The Bertz CT molecular complexity index is 1530. The predicted molar refractivity (Wildman–Crippen MR) is 140 cm³/mol. The normalized spacial score (nSPS) is 14.1. The number of rotatable bonds is 6. The Morgan fingerprint density at radius 3 is 2.11 bits per heavy atom. The number of carbonyl (C=O) groups is 1. The molecule has 7 heteroatoms. The molecule has 4 aromatic carbocycles. The van der Waals surface area contributed by atoms with E-state index in [0.29, 0.717) is 28.2 Å². The van der Waals surface area contributed by atoms with Crippen LogP contribution in [0.1, 0.15) is 16.7 Å². The van der Waals surface area contributed by atoms with E-state index in [0.717, 1.165) is 16.8 Å². The molecule has 1 aliphatic rings. The summed E-state index contributed by atoms with van der Waals surface area (Å²) in [5, 5.41) is 6.26. The van der Waals surface area contributed by atoms with E-state index in [1.807, 2.05) is 67.6 Å². The molecule has 0 bridgehead atoms. The summed E-state index contributed by atoms with van der Waals surface area (Å²) in [6.45, 7) is 2.01. The lowest BCUT2D eigenvalue weighted by Gasteiger charge is -2.15. The summed E-state index contributed by atoms with van der Waals surface area (Å²) >= 11 is 0. The van der Waals surface area contributed by atoms with Crippen molar-refractivity contribution in [3.05, 3.63) is 120 Å². The van der Waals surface area contributed by atoms with Gasteiger partial charge in [-0.1, -0.05) is 66.2 Å². The molecule has 0 aromatic heterocycles. The molecule has 6 nitrogen and oxygen atoms in total. The first kappa shape index (κ1) is 22.4. The number of para-hydroxylation sites is 1. The molecule has 1 heterocycles. The number of hydrogen-bond acceptors (Lipinski definition) is 4. The van der Waals surface area contributed by atoms with Gasteiger partial charge in [0, 0.05) is 22.6 Å². The summed E-state index contributed by atoms with van der Waals surface area (Å²) in [7, 11) is -3.86. The third-order valence-corrected chi connectivity index (χ3v) is 7.08. The summed E-state index contributed by atoms with van der Waals surface area (Å²) in [4.78, 5) is 13.2. The number of sulfonamides is 1. The molecule has 1 aliphatic heterocycles. The van der Waals surface area contributed by atoms with Gasteiger partial charge in [0.15, 0.2) is 0 Å². The Kier molecular flexibility index (Phi) is 5.84. The summed E-state index contributed by atoms with van der Waals surface area (Å²) in [5.74, 6) is -0.302. The van der Waals surface area contributed by atoms with Gasteiger partial charge in [-0.05, 0) is 55.0 Å². The van der Waals surface area contributed by atoms with E-state index in [1.54, 1.807) is 30.3 Å². The molecule has 3 N–H and O–H groups in total. The van der Waals surface area contributed by atoms with Crippen LogP contribution in [-0.2, 0) is 14.8 Å². The van der Waals surface area contributed by atoms with E-state index in [1.165, 1.54) is 12.1 Å². The summed E-state index contributed by atoms with van der Waals surface area (Å²) in [6.07, 6.45) is 0. The SMILES string of the molecule is Cc1ccc(NC(=C2C(=O)Nc3ccc(S(=O)(=O)Nc4ccccc4)cc32)c2ccccc2)cc1. The van der Waals surface area contributed by atoms with Gasteiger partial charge < -0.3 is 10.6 Å². The van der Waals surface area contributed by atoms with E-state index in [-0.39, 0.29) is 10.8 Å². The van der Waals surface area contributed by atoms with Crippen molar-refractivity contribution >= 4 is 44.3 Å². The number of anilines is 3. The maximum atomic E-state index is 13.2. The van der Waals surface area contributed by atoms with Gasteiger partial charge in [0.05, 0.1) is 16.2 Å². The van der Waals surface area contributed by atoms with Crippen molar-refractivity contribution < 1.29 is 13.2 Å². The molecule has 5 rings (SSSR count). The fraction of sp³-hybridized carbons (Fsp3) is 0.0357. The number of benzene rings is 4. The zero-order valence-electron chi connectivity index (χ0n) is 18.9. The lowest BCUT2D eigenvalue weighted by atomic mass is 10.00. The molecule has 174 valence electrons. The van der Waals surface area contributed by atoms with Gasteiger partial charge in [-0.3, -0.25) is 9.52 Å². The van der Waals surface area contributed by atoms with Crippen molar-refractivity contribution in [1.29, 1.82) is 0 Å². The van der Waals surface area contributed by atoms with Crippen molar-refractivity contribution in [3.8, 4) is 0 Å². The third kappa shape index (κ3) is 4.67. The Labute approximate surface area is 204 Å². The van der Waals surface area contributed by atoms with Crippen LogP contribution in [0.2, 0.25) is 0 Å². The van der Waals surface area contributed by atoms with E-state index in [9.17, 15) is 13.2 Å². The van der Waals surface area contributed by atoms with Crippen molar-refractivity contribution in [1.82, 2.24) is 0 Å². The third-order valence-electron chi connectivity index (χ3n) is 5.71. The fourth-order valence-corrected chi connectivity index (χ4v) is 5.03. The van der Waals surface area contributed by atoms with Gasteiger partial charge in [0.25, 0.3) is 15.9 Å². The largest absolute Gasteiger partial charge is 0.354 e. The number of carbonyl (C=O) groups excluding carboxylic acids is 1. The maximum absolute atomic E-state index is 13.2. The first-order valence-electron chi connectivity index (χ1n) is 11.1. The topological polar surface area (TPSA) is 87.3 Å². The molecule has 0 fully saturated rings. The molecule has 0 aliphatic carbocycles. The van der Waals surface area contributed by atoms with Crippen LogP contribution in [0.4, 0.5) is 17.1 Å². The molecule has 1 amide bonds. The highest BCUT2D eigenvalue weighted by molar-refractivity contribution is 7.92. The van der Waals surface area contributed by atoms with Gasteiger partial charge in [-0.25, -0.2) is 8.42 Å². The minimum atomic E-state index is -3.86. The van der Waals surface area contributed by atoms with Gasteiger partial charge in [0.2, 0.25) is 0 Å². The average Bonchev–Trinajstić information content (AvgIpc) is 3.19. The minimum absolute atomic E-state index is 0.0665. The number of nitrogens with one attached hydrogen (secondary N) is 3. The standard InChI is InChI=1S/C28H23N3O3S/c1-19-12-14-21(15-13-19)29-27(20-8-4-2-5-9-20)26-24-18-23(16-17-25(24)30-28(26)32)35(33,34)31-22-10-6-3-7-11-22/h2-18,29,31H,1H3,(H,30,32). The van der Waals surface area contributed by atoms with Crippen molar-refractivity contribution in [2.75, 3.05) is 15.4 Å². The Hall–Kier alpha value is -4.36. The maximum Gasteiger partial charge on any atom is 0.261 e. The number of hydrogen-bond donors (Lipinski definition) is 3. The zero-order chi connectivity index (χ0) is 24.4. The quantitative estimate of drug-likeness (QED) is 0.307. The molecule has 0 radical (unpaired) electrons. The summed E-state index contributed by atoms with van der Waals surface area (Å²) in [6, 6.07) is 30.7. The molecule has 0 spiro atoms. The van der Waals surface area contributed by atoms with Gasteiger partial charge in [0.1, 0.15) is 0 Å². The summed E-state index contributed by atoms with van der Waals surface area (Å²) in [5.41, 5.74) is 5.25. The van der Waals surface area contributed by atoms with Crippen LogP contribution in [0.15, 0.2) is 108 Å². The predicted octanol–water partition coefficient (Wildman–Crippen LogP) is 5.73. The molecule has 35 heavy (non-hydrogen) atoms. The molecule has 0 saturated carbocycles. The second kappa shape index (κ2) is 9.12. The van der Waals surface area contributed by atoms with E-state index in [2.05, 4.69) is 15.4 Å². The second-order valence-corrected chi connectivity index (χ2v) is 9.92. The highest BCUT2D eigenvalue weighted by Crippen LogP contribution is 2.39. The van der Waals surface area contributed by atoms with Crippen molar-refractivity contribution in [3.63, 3.8) is 0 Å². The first-order chi connectivity index (χ1) is 16.9. The molecule has 0 saturated heterocycles. The Morgan fingerprint density at radius 2 is 1.43 bits per heavy atom. The van der Waals surface area contributed by atoms with Crippen molar-refractivity contribution in [2.45, 2.75) is 11.8 Å². The fourth-order valence-electron chi connectivity index (χ4n) is 3.95. The Balaban J connectivity index is 1.63. The lowest BCUT2D eigenvalue weighted by Crippen LogP contribution is -2.13. The van der Waals surface area contributed by atoms with Gasteiger partial charge in [-0.15, -0.1) is 0 Å². The number of amides is 1. The van der Waals surface area contributed by atoms with Crippen LogP contribution in [0.25, 0.3) is 11.3 Å². The van der Waals surface area contributed by atoms with Gasteiger partial charge >= 0.3 is 0 Å². The molecule has 0 unspecified atom stereocenters. The van der Waals surface area contributed by atoms with Crippen molar-refractivity contribution in [2.24, 2.45) is 0 Å². The monoisotopic (exact) mass is 481 g/mol. The molecular formula is C28H23N3O3S. The first-order valence-corrected chi connectivity index (χ1v) is 12.6. The smallest absolute Gasteiger partial charge is 0.261 e. The molecule has 0 atom stereocenters. The highest BCUT2D eigenvalue weighted by atomic mass is 32.2. The molecular weight excluding hydrogens is 458 g/mol. The van der Waals surface area contributed by atoms with Crippen LogP contribution in [0.3, 0.4) is 0 Å². The van der Waals surface area contributed by atoms with E-state index in [4.69, 9.17) is 0 Å². The lowest BCUT2D eigenvalue weighted by molar-refractivity contribution is -0.110. The van der Waals surface area contributed by atoms with Crippen LogP contribution in [0, 0.1) is 6.92 Å². The number of aryl methyl sites for hydroxylation is 1. The van der Waals surface area contributed by atoms with Crippen LogP contribution in [0.5, 0.6) is 0 Å². The summed E-state index contributed by atoms with van der Waals surface area (Å²) < 4.78 is 28.8. The van der Waals surface area contributed by atoms with Crippen LogP contribution in [-0.4, -0.2) is 14.3 Å². The van der Waals surface area contributed by atoms with E-state index >= 15 is 0 Å². The average molecular weight is 482 g/mol. The zero-order valence-corrected chi connectivity index (χ0v) is 19.8. The van der Waals surface area contributed by atoms with Crippen LogP contribution >= 0.6 is 0 Å². The van der Waals surface area contributed by atoms with E-state index < -0.39 is 10.0 Å². The Morgan fingerprint density at radius 1 is 0.771 bits per heavy atom. The van der Waals surface area contributed by atoms with Gasteiger partial charge in [-0.2, -0.15) is 0 Å². The molecule has 4 aromatic rings. The number of fused-ring (bicyclic) bond motifs is 1.